The zero-order valence-corrected chi connectivity index (χ0v) is 10.3. The zero-order valence-electron chi connectivity index (χ0n) is 10.3. The predicted molar refractivity (Wildman–Crippen MR) is 63.0 cm³/mol. The second-order valence-electron chi connectivity index (χ2n) is 4.66. The highest BCUT2D eigenvalue weighted by molar-refractivity contribution is 5.72. The number of aliphatic hydroxyl groups excluding tert-OH is 1. The molecule has 3 nitrogen and oxygen atoms in total. The van der Waals surface area contributed by atoms with Crippen LogP contribution in [0, 0.1) is 11.8 Å². The minimum atomic E-state index is -0.0946. The Kier molecular flexibility index (Phi) is 6.46. The molecule has 0 amide bonds. The molecule has 0 radical (unpaired) electrons. The number of rotatable bonds is 4. The van der Waals surface area contributed by atoms with Crippen LogP contribution in [0.1, 0.15) is 51.9 Å². The van der Waals surface area contributed by atoms with Gasteiger partial charge < -0.3 is 9.84 Å². The number of hydrogen-bond donors (Lipinski definition) is 1. The molecule has 0 spiro atoms. The van der Waals surface area contributed by atoms with E-state index >= 15 is 0 Å². The lowest BCUT2D eigenvalue weighted by atomic mass is 9.80. The van der Waals surface area contributed by atoms with Crippen molar-refractivity contribution in [1.29, 1.82) is 0 Å². The van der Waals surface area contributed by atoms with Gasteiger partial charge >= 0.3 is 5.97 Å². The van der Waals surface area contributed by atoms with Crippen molar-refractivity contribution in [3.05, 3.63) is 0 Å². The van der Waals surface area contributed by atoms with Gasteiger partial charge in [0.25, 0.3) is 0 Å². The molecule has 1 fully saturated rings. The molecule has 0 aromatic rings. The van der Waals surface area contributed by atoms with Crippen molar-refractivity contribution in [3.8, 4) is 0 Å². The van der Waals surface area contributed by atoms with Crippen molar-refractivity contribution in [1.82, 2.24) is 0 Å². The van der Waals surface area contributed by atoms with Gasteiger partial charge in [0, 0.05) is 0 Å². The first-order chi connectivity index (χ1) is 7.79. The summed E-state index contributed by atoms with van der Waals surface area (Å²) in [6.07, 6.45) is 8.07. The van der Waals surface area contributed by atoms with Crippen molar-refractivity contribution in [2.24, 2.45) is 11.8 Å². The van der Waals surface area contributed by atoms with Crippen LogP contribution in [0.2, 0.25) is 0 Å². The quantitative estimate of drug-likeness (QED) is 0.752. The van der Waals surface area contributed by atoms with Crippen molar-refractivity contribution in [2.45, 2.75) is 51.9 Å². The highest BCUT2D eigenvalue weighted by Crippen LogP contribution is 2.30. The topological polar surface area (TPSA) is 46.5 Å². The smallest absolute Gasteiger partial charge is 0.309 e. The van der Waals surface area contributed by atoms with Crippen LogP contribution in [-0.4, -0.2) is 24.3 Å². The maximum atomic E-state index is 11.9. The van der Waals surface area contributed by atoms with Crippen LogP contribution in [0.4, 0.5) is 0 Å². The van der Waals surface area contributed by atoms with Gasteiger partial charge in [0.1, 0.15) is 6.61 Å². The fraction of sp³-hybridized carbons (Fsp3) is 0.923. The van der Waals surface area contributed by atoms with Gasteiger partial charge in [-0.2, -0.15) is 0 Å². The van der Waals surface area contributed by atoms with Crippen LogP contribution >= 0.6 is 0 Å². The number of esters is 1. The lowest BCUT2D eigenvalue weighted by Crippen LogP contribution is -2.27. The Hall–Kier alpha value is -0.570. The number of carbonyl (C=O) groups is 1. The standard InChI is InChI=1S/C13H24O3/c1-2-11-7-5-3-4-6-8-12(11)13(15)16-10-9-14/h11-12,14H,2-10H2,1H3. The average Bonchev–Trinajstić information content (AvgIpc) is 2.26. The molecular formula is C13H24O3. The molecule has 0 aliphatic heterocycles. The van der Waals surface area contributed by atoms with Gasteiger partial charge in [-0.3, -0.25) is 4.79 Å². The molecule has 0 heterocycles. The first kappa shape index (κ1) is 13.5. The molecule has 0 bridgehead atoms. The summed E-state index contributed by atoms with van der Waals surface area (Å²) in [7, 11) is 0. The second-order valence-corrected chi connectivity index (χ2v) is 4.66. The van der Waals surface area contributed by atoms with E-state index in [1.165, 1.54) is 19.3 Å². The molecular weight excluding hydrogens is 204 g/mol. The van der Waals surface area contributed by atoms with Crippen LogP contribution < -0.4 is 0 Å². The van der Waals surface area contributed by atoms with E-state index in [0.717, 1.165) is 25.7 Å². The fourth-order valence-corrected chi connectivity index (χ4v) is 2.61. The summed E-state index contributed by atoms with van der Waals surface area (Å²) in [6.45, 7) is 2.22. The Morgan fingerprint density at radius 2 is 1.94 bits per heavy atom. The van der Waals surface area contributed by atoms with E-state index in [9.17, 15) is 4.79 Å². The first-order valence-electron chi connectivity index (χ1n) is 6.57. The Morgan fingerprint density at radius 1 is 1.25 bits per heavy atom. The number of ether oxygens (including phenoxy) is 1. The molecule has 0 aromatic carbocycles. The van der Waals surface area contributed by atoms with E-state index in [4.69, 9.17) is 9.84 Å². The molecule has 1 aliphatic carbocycles. The molecule has 1 N–H and O–H groups in total. The van der Waals surface area contributed by atoms with E-state index in [0.29, 0.717) is 5.92 Å². The van der Waals surface area contributed by atoms with Crippen molar-refractivity contribution >= 4 is 5.97 Å². The normalized spacial score (nSPS) is 26.9. The third-order valence-electron chi connectivity index (χ3n) is 3.57. The minimum Gasteiger partial charge on any atom is -0.463 e. The van der Waals surface area contributed by atoms with E-state index in [2.05, 4.69) is 6.92 Å². The number of hydrogen-bond acceptors (Lipinski definition) is 3. The highest BCUT2D eigenvalue weighted by atomic mass is 16.5. The summed E-state index contributed by atoms with van der Waals surface area (Å²) < 4.78 is 5.07. The van der Waals surface area contributed by atoms with Crippen LogP contribution in [0.15, 0.2) is 0 Å². The van der Waals surface area contributed by atoms with Crippen molar-refractivity contribution in [2.75, 3.05) is 13.2 Å². The molecule has 0 aromatic heterocycles. The largest absolute Gasteiger partial charge is 0.463 e. The summed E-state index contributed by atoms with van der Waals surface area (Å²) in [5.74, 6) is 0.450. The lowest BCUT2D eigenvalue weighted by Gasteiger charge is -2.26. The van der Waals surface area contributed by atoms with Crippen molar-refractivity contribution in [3.63, 3.8) is 0 Å². The maximum absolute atomic E-state index is 11.9. The van der Waals surface area contributed by atoms with Gasteiger partial charge in [0.15, 0.2) is 0 Å². The summed E-state index contributed by atoms with van der Waals surface area (Å²) in [5.41, 5.74) is 0. The SMILES string of the molecule is CCC1CCCCCCC1C(=O)OCCO. The molecule has 1 saturated carbocycles. The minimum absolute atomic E-state index is 0.0665. The molecule has 16 heavy (non-hydrogen) atoms. The second kappa shape index (κ2) is 7.66. The molecule has 1 aliphatic rings. The number of carbonyl (C=O) groups excluding carboxylic acids is 1. The van der Waals surface area contributed by atoms with Gasteiger partial charge in [-0.15, -0.1) is 0 Å². The van der Waals surface area contributed by atoms with E-state index in [1.807, 2.05) is 0 Å². The molecule has 1 rings (SSSR count). The Morgan fingerprint density at radius 3 is 2.56 bits per heavy atom. The predicted octanol–water partition coefficient (Wildman–Crippen LogP) is 2.52. The lowest BCUT2D eigenvalue weighted by molar-refractivity contribution is -0.152. The van der Waals surface area contributed by atoms with E-state index in [1.54, 1.807) is 0 Å². The third-order valence-corrected chi connectivity index (χ3v) is 3.57. The van der Waals surface area contributed by atoms with Gasteiger partial charge in [-0.25, -0.2) is 0 Å². The summed E-state index contributed by atoms with van der Waals surface area (Å²) in [6, 6.07) is 0. The maximum Gasteiger partial charge on any atom is 0.309 e. The zero-order chi connectivity index (χ0) is 11.8. The van der Waals surface area contributed by atoms with Gasteiger partial charge in [0.2, 0.25) is 0 Å². The summed E-state index contributed by atoms with van der Waals surface area (Å²) in [5, 5.41) is 8.66. The monoisotopic (exact) mass is 228 g/mol. The molecule has 3 heteroatoms. The van der Waals surface area contributed by atoms with E-state index in [-0.39, 0.29) is 25.1 Å². The Labute approximate surface area is 98.2 Å². The molecule has 0 saturated heterocycles. The van der Waals surface area contributed by atoms with E-state index < -0.39 is 0 Å². The Bertz CT molecular complexity index is 203. The van der Waals surface area contributed by atoms with Crippen LogP contribution in [0.5, 0.6) is 0 Å². The molecule has 2 unspecified atom stereocenters. The summed E-state index contributed by atoms with van der Waals surface area (Å²) >= 11 is 0. The van der Waals surface area contributed by atoms with Crippen LogP contribution in [0.25, 0.3) is 0 Å². The van der Waals surface area contributed by atoms with Crippen LogP contribution in [-0.2, 0) is 9.53 Å². The molecule has 2 atom stereocenters. The van der Waals surface area contributed by atoms with Crippen LogP contribution in [0.3, 0.4) is 0 Å². The van der Waals surface area contributed by atoms with Gasteiger partial charge in [0.05, 0.1) is 12.5 Å². The molecule has 94 valence electrons. The van der Waals surface area contributed by atoms with Gasteiger partial charge in [-0.1, -0.05) is 39.0 Å². The number of aliphatic hydroxyl groups is 1. The first-order valence-corrected chi connectivity index (χ1v) is 6.57. The highest BCUT2D eigenvalue weighted by Gasteiger charge is 2.28. The third kappa shape index (κ3) is 4.12. The van der Waals surface area contributed by atoms with Gasteiger partial charge in [-0.05, 0) is 18.8 Å². The Balaban J connectivity index is 2.51. The van der Waals surface area contributed by atoms with Crippen molar-refractivity contribution < 1.29 is 14.6 Å². The average molecular weight is 228 g/mol. The summed E-state index contributed by atoms with van der Waals surface area (Å²) in [4.78, 5) is 11.9. The fourth-order valence-electron chi connectivity index (χ4n) is 2.61.